The van der Waals surface area contributed by atoms with E-state index in [1.165, 1.54) is 0 Å². The van der Waals surface area contributed by atoms with E-state index in [4.69, 9.17) is 5.11 Å². The maximum absolute atomic E-state index is 10.7. The second-order valence-corrected chi connectivity index (χ2v) is 6.17. The number of pyridine rings is 1. The number of rotatable bonds is 6. The van der Waals surface area contributed by atoms with E-state index in [1.54, 1.807) is 12.4 Å². The summed E-state index contributed by atoms with van der Waals surface area (Å²) in [5.41, 5.74) is 5.68. The van der Waals surface area contributed by atoms with Gasteiger partial charge in [0.05, 0.1) is 6.42 Å². The first-order valence-corrected chi connectivity index (χ1v) is 8.35. The van der Waals surface area contributed by atoms with Crippen LogP contribution in [0.1, 0.15) is 23.4 Å². The Morgan fingerprint density at radius 2 is 1.92 bits per heavy atom. The summed E-state index contributed by atoms with van der Waals surface area (Å²) < 4.78 is 0. The number of aryl methyl sites for hydroxylation is 3. The summed E-state index contributed by atoms with van der Waals surface area (Å²) in [7, 11) is 0. The summed E-state index contributed by atoms with van der Waals surface area (Å²) in [6.45, 7) is 3.95. The molecule has 6 nitrogen and oxygen atoms in total. The summed E-state index contributed by atoms with van der Waals surface area (Å²) in [4.78, 5) is 23.6. The van der Waals surface area contributed by atoms with Crippen molar-refractivity contribution in [2.24, 2.45) is 0 Å². The van der Waals surface area contributed by atoms with E-state index in [0.29, 0.717) is 12.4 Å². The molecule has 0 aliphatic rings. The van der Waals surface area contributed by atoms with Crippen LogP contribution in [-0.2, 0) is 11.2 Å². The van der Waals surface area contributed by atoms with Crippen molar-refractivity contribution in [2.45, 2.75) is 26.7 Å². The zero-order chi connectivity index (χ0) is 18.5. The van der Waals surface area contributed by atoms with Crippen molar-refractivity contribution >= 4 is 17.6 Å². The second-order valence-electron chi connectivity index (χ2n) is 6.17. The van der Waals surface area contributed by atoms with Crippen LogP contribution >= 0.6 is 0 Å². The molecule has 3 aromatic rings. The molecular weight excluding hydrogens is 328 g/mol. The highest BCUT2D eigenvalue weighted by molar-refractivity contribution is 5.70. The van der Waals surface area contributed by atoms with Gasteiger partial charge in [-0.3, -0.25) is 9.78 Å². The van der Waals surface area contributed by atoms with E-state index >= 15 is 0 Å². The maximum atomic E-state index is 10.7. The molecule has 0 bridgehead atoms. The molecule has 0 amide bonds. The lowest BCUT2D eigenvalue weighted by molar-refractivity contribution is -0.136. The van der Waals surface area contributed by atoms with E-state index in [9.17, 15) is 4.79 Å². The number of nitrogens with one attached hydrogen (secondary N) is 1. The molecule has 2 aromatic heterocycles. The van der Waals surface area contributed by atoms with Crippen molar-refractivity contribution < 1.29 is 9.90 Å². The number of carboxylic acid groups (broad SMARTS) is 1. The predicted octanol–water partition coefficient (Wildman–Crippen LogP) is 3.92. The molecule has 0 aliphatic heterocycles. The fourth-order valence-electron chi connectivity index (χ4n) is 2.64. The monoisotopic (exact) mass is 348 g/mol. The van der Waals surface area contributed by atoms with Gasteiger partial charge >= 0.3 is 5.97 Å². The summed E-state index contributed by atoms with van der Waals surface area (Å²) in [6.07, 6.45) is 4.02. The fraction of sp³-hybridized carbons (Fsp3) is 0.200. The molecule has 132 valence electrons. The number of nitrogens with zero attached hydrogens (tertiary/aromatic N) is 3. The summed E-state index contributed by atoms with van der Waals surface area (Å²) in [6, 6.07) is 11.8. The first kappa shape index (κ1) is 17.5. The smallest absolute Gasteiger partial charge is 0.303 e. The molecule has 3 rings (SSSR count). The highest BCUT2D eigenvalue weighted by Gasteiger charge is 2.06. The lowest BCUT2D eigenvalue weighted by Crippen LogP contribution is -1.99. The van der Waals surface area contributed by atoms with Crippen LogP contribution in [0, 0.1) is 13.8 Å². The molecule has 0 fully saturated rings. The van der Waals surface area contributed by atoms with Crippen LogP contribution in [0.4, 0.5) is 11.6 Å². The fourth-order valence-corrected chi connectivity index (χ4v) is 2.64. The number of hydrogen-bond acceptors (Lipinski definition) is 5. The summed E-state index contributed by atoms with van der Waals surface area (Å²) in [5, 5.41) is 12.0. The minimum atomic E-state index is -0.816. The molecule has 26 heavy (non-hydrogen) atoms. The predicted molar refractivity (Wildman–Crippen MR) is 100 cm³/mol. The van der Waals surface area contributed by atoms with Crippen molar-refractivity contribution in [2.75, 3.05) is 5.32 Å². The van der Waals surface area contributed by atoms with Crippen LogP contribution in [0.5, 0.6) is 0 Å². The number of hydrogen-bond donors (Lipinski definition) is 2. The van der Waals surface area contributed by atoms with Gasteiger partial charge in [-0.25, -0.2) is 9.97 Å². The Balaban J connectivity index is 1.82. The van der Waals surface area contributed by atoms with Gasteiger partial charge in [0.2, 0.25) is 5.95 Å². The molecule has 0 unspecified atom stereocenters. The Morgan fingerprint density at radius 1 is 1.08 bits per heavy atom. The quantitative estimate of drug-likeness (QED) is 0.702. The van der Waals surface area contributed by atoms with E-state index in [1.807, 2.05) is 44.2 Å². The van der Waals surface area contributed by atoms with Gasteiger partial charge in [0.1, 0.15) is 0 Å². The molecule has 1 aromatic carbocycles. The van der Waals surface area contributed by atoms with Gasteiger partial charge in [-0.15, -0.1) is 0 Å². The molecule has 0 radical (unpaired) electrons. The van der Waals surface area contributed by atoms with Crippen molar-refractivity contribution in [1.82, 2.24) is 15.0 Å². The zero-order valence-electron chi connectivity index (χ0n) is 14.7. The standard InChI is InChI=1S/C20H20N4O2/c1-13-9-16(15-3-4-17(22-12-15)5-6-19(25)26)11-18(10-13)24-20-21-8-7-14(2)23-20/h3-4,7-12H,5-6H2,1-2H3,(H,25,26)(H,21,23,24). The van der Waals surface area contributed by atoms with E-state index in [-0.39, 0.29) is 6.42 Å². The largest absolute Gasteiger partial charge is 0.481 e. The molecule has 2 heterocycles. The molecule has 0 aliphatic carbocycles. The highest BCUT2D eigenvalue weighted by Crippen LogP contribution is 2.25. The van der Waals surface area contributed by atoms with Crippen LogP contribution in [0.25, 0.3) is 11.1 Å². The summed E-state index contributed by atoms with van der Waals surface area (Å²) in [5.74, 6) is -0.257. The van der Waals surface area contributed by atoms with Crippen LogP contribution in [0.15, 0.2) is 48.8 Å². The van der Waals surface area contributed by atoms with Crippen molar-refractivity contribution in [1.29, 1.82) is 0 Å². The van der Waals surface area contributed by atoms with Gasteiger partial charge in [0.15, 0.2) is 0 Å². The average molecular weight is 348 g/mol. The van der Waals surface area contributed by atoms with Crippen molar-refractivity contribution in [3.63, 3.8) is 0 Å². The average Bonchev–Trinajstić information content (AvgIpc) is 2.60. The van der Waals surface area contributed by atoms with Gasteiger partial charge < -0.3 is 10.4 Å². The van der Waals surface area contributed by atoms with Crippen LogP contribution in [-0.4, -0.2) is 26.0 Å². The molecule has 0 atom stereocenters. The van der Waals surface area contributed by atoms with Gasteiger partial charge in [0, 0.05) is 41.5 Å². The third-order valence-electron chi connectivity index (χ3n) is 3.88. The van der Waals surface area contributed by atoms with Crippen LogP contribution in [0.2, 0.25) is 0 Å². The summed E-state index contributed by atoms with van der Waals surface area (Å²) >= 11 is 0. The Bertz CT molecular complexity index is 923. The number of benzene rings is 1. The molecular formula is C20H20N4O2. The molecule has 6 heteroatoms. The minimum Gasteiger partial charge on any atom is -0.481 e. The van der Waals surface area contributed by atoms with Gasteiger partial charge in [-0.1, -0.05) is 12.1 Å². The van der Waals surface area contributed by atoms with Crippen molar-refractivity contribution in [3.05, 3.63) is 65.7 Å². The first-order chi connectivity index (χ1) is 12.5. The number of aliphatic carboxylic acids is 1. The second kappa shape index (κ2) is 7.74. The minimum absolute atomic E-state index is 0.0847. The van der Waals surface area contributed by atoms with Crippen molar-refractivity contribution in [3.8, 4) is 11.1 Å². The Hall–Kier alpha value is -3.28. The van der Waals surface area contributed by atoms with Gasteiger partial charge in [-0.05, 0) is 49.2 Å². The number of carbonyl (C=O) groups is 1. The Morgan fingerprint density at radius 3 is 2.62 bits per heavy atom. The molecule has 0 saturated heterocycles. The lowest BCUT2D eigenvalue weighted by Gasteiger charge is -2.10. The van der Waals surface area contributed by atoms with E-state index < -0.39 is 5.97 Å². The maximum Gasteiger partial charge on any atom is 0.303 e. The number of aromatic nitrogens is 3. The molecule has 0 saturated carbocycles. The Labute approximate surface area is 152 Å². The molecule has 2 N–H and O–H groups in total. The van der Waals surface area contributed by atoms with Crippen LogP contribution in [0.3, 0.4) is 0 Å². The van der Waals surface area contributed by atoms with Crippen LogP contribution < -0.4 is 5.32 Å². The zero-order valence-corrected chi connectivity index (χ0v) is 14.7. The number of anilines is 2. The molecule has 0 spiro atoms. The topological polar surface area (TPSA) is 88.0 Å². The third kappa shape index (κ3) is 4.63. The lowest BCUT2D eigenvalue weighted by atomic mass is 10.0. The van der Waals surface area contributed by atoms with E-state index in [2.05, 4.69) is 26.3 Å². The first-order valence-electron chi connectivity index (χ1n) is 8.35. The number of carboxylic acids is 1. The van der Waals surface area contributed by atoms with E-state index in [0.717, 1.165) is 33.8 Å². The van der Waals surface area contributed by atoms with Gasteiger partial charge in [0.25, 0.3) is 0 Å². The Kier molecular flexibility index (Phi) is 5.22. The normalized spacial score (nSPS) is 10.5. The SMILES string of the molecule is Cc1cc(Nc2nccc(C)n2)cc(-c2ccc(CCC(=O)O)nc2)c1. The highest BCUT2D eigenvalue weighted by atomic mass is 16.4. The van der Waals surface area contributed by atoms with Gasteiger partial charge in [-0.2, -0.15) is 0 Å². The third-order valence-corrected chi connectivity index (χ3v) is 3.88.